The molecule has 0 aliphatic heterocycles. The van der Waals surface area contributed by atoms with Crippen LogP contribution in [-0.2, 0) is 10.0 Å². The minimum absolute atomic E-state index is 0.210. The number of nitrogens with zero attached hydrogens (tertiary/aromatic N) is 1. The molecule has 0 bridgehead atoms. The fraction of sp³-hybridized carbons (Fsp3) is 0.545. The standard InChI is InChI=1S/C11H19N3O2S/c12-7-3-1-2-4-9-14-17(15,16)11-6-5-8-13-10-11/h5-6,8,10,14H,1-4,7,9,12H2. The first-order chi connectivity index (χ1) is 8.17. The Morgan fingerprint density at radius 1 is 1.24 bits per heavy atom. The summed E-state index contributed by atoms with van der Waals surface area (Å²) in [6, 6.07) is 3.14. The van der Waals surface area contributed by atoms with E-state index in [2.05, 4.69) is 9.71 Å². The Morgan fingerprint density at radius 2 is 2.00 bits per heavy atom. The Labute approximate surface area is 102 Å². The number of pyridine rings is 1. The van der Waals surface area contributed by atoms with E-state index in [1.807, 2.05) is 0 Å². The van der Waals surface area contributed by atoms with Crippen molar-refractivity contribution in [2.45, 2.75) is 30.6 Å². The summed E-state index contributed by atoms with van der Waals surface area (Å²) in [6.07, 6.45) is 6.76. The maximum absolute atomic E-state index is 11.7. The van der Waals surface area contributed by atoms with E-state index in [-0.39, 0.29) is 4.90 Å². The third kappa shape index (κ3) is 5.25. The molecule has 0 amide bonds. The van der Waals surface area contributed by atoms with Gasteiger partial charge in [0.15, 0.2) is 0 Å². The van der Waals surface area contributed by atoms with Gasteiger partial charge in [-0.15, -0.1) is 0 Å². The average Bonchev–Trinajstić information content (AvgIpc) is 2.35. The molecule has 3 N–H and O–H groups in total. The van der Waals surface area contributed by atoms with Crippen LogP contribution < -0.4 is 10.5 Å². The van der Waals surface area contributed by atoms with Crippen LogP contribution in [0.15, 0.2) is 29.4 Å². The number of unbranched alkanes of at least 4 members (excludes halogenated alkanes) is 3. The number of nitrogens with two attached hydrogens (primary N) is 1. The van der Waals surface area contributed by atoms with Crippen molar-refractivity contribution in [3.05, 3.63) is 24.5 Å². The van der Waals surface area contributed by atoms with Gasteiger partial charge in [0.25, 0.3) is 0 Å². The molecule has 5 nitrogen and oxygen atoms in total. The maximum atomic E-state index is 11.7. The van der Waals surface area contributed by atoms with Crippen LogP contribution >= 0.6 is 0 Å². The predicted octanol–water partition coefficient (Wildman–Crippen LogP) is 0.879. The lowest BCUT2D eigenvalue weighted by Crippen LogP contribution is -2.24. The molecule has 0 saturated heterocycles. The highest BCUT2D eigenvalue weighted by molar-refractivity contribution is 7.89. The van der Waals surface area contributed by atoms with Crippen LogP contribution in [0.25, 0.3) is 0 Å². The Balaban J connectivity index is 2.31. The molecule has 0 spiro atoms. The van der Waals surface area contributed by atoms with Crippen molar-refractivity contribution in [2.24, 2.45) is 5.73 Å². The Kier molecular flexibility index (Phi) is 6.10. The molecular weight excluding hydrogens is 238 g/mol. The molecule has 0 unspecified atom stereocenters. The second-order valence-corrected chi connectivity index (χ2v) is 5.56. The molecule has 0 saturated carbocycles. The Bertz CT molecular complexity index is 406. The van der Waals surface area contributed by atoms with E-state index in [1.54, 1.807) is 12.3 Å². The Morgan fingerprint density at radius 3 is 2.65 bits per heavy atom. The van der Waals surface area contributed by atoms with Gasteiger partial charge in [-0.25, -0.2) is 13.1 Å². The van der Waals surface area contributed by atoms with Crippen molar-refractivity contribution in [1.29, 1.82) is 0 Å². The van der Waals surface area contributed by atoms with Gasteiger partial charge in [-0.1, -0.05) is 12.8 Å². The van der Waals surface area contributed by atoms with Gasteiger partial charge in [0.1, 0.15) is 4.90 Å². The van der Waals surface area contributed by atoms with Gasteiger partial charge in [0.2, 0.25) is 10.0 Å². The highest BCUT2D eigenvalue weighted by atomic mass is 32.2. The van der Waals surface area contributed by atoms with E-state index in [0.717, 1.165) is 25.7 Å². The third-order valence-corrected chi connectivity index (χ3v) is 3.81. The van der Waals surface area contributed by atoms with Crippen molar-refractivity contribution in [3.8, 4) is 0 Å². The largest absolute Gasteiger partial charge is 0.330 e. The van der Waals surface area contributed by atoms with Crippen LogP contribution in [0.4, 0.5) is 0 Å². The number of hydrogen-bond acceptors (Lipinski definition) is 4. The summed E-state index contributed by atoms with van der Waals surface area (Å²) in [7, 11) is -3.39. The summed E-state index contributed by atoms with van der Waals surface area (Å²) in [6.45, 7) is 1.16. The maximum Gasteiger partial charge on any atom is 0.242 e. The molecule has 1 aromatic heterocycles. The lowest BCUT2D eigenvalue weighted by atomic mass is 10.2. The van der Waals surface area contributed by atoms with Crippen molar-refractivity contribution in [3.63, 3.8) is 0 Å². The number of rotatable bonds is 8. The van der Waals surface area contributed by atoms with Crippen molar-refractivity contribution >= 4 is 10.0 Å². The SMILES string of the molecule is NCCCCCCNS(=O)(=O)c1cccnc1. The van der Waals surface area contributed by atoms with Gasteiger partial charge in [-0.05, 0) is 31.5 Å². The van der Waals surface area contributed by atoms with Gasteiger partial charge < -0.3 is 5.73 Å². The molecule has 96 valence electrons. The van der Waals surface area contributed by atoms with Crippen LogP contribution in [0.3, 0.4) is 0 Å². The minimum Gasteiger partial charge on any atom is -0.330 e. The quantitative estimate of drug-likeness (QED) is 0.677. The number of sulfonamides is 1. The first kappa shape index (κ1) is 14.1. The molecule has 6 heteroatoms. The smallest absolute Gasteiger partial charge is 0.242 e. The molecule has 0 radical (unpaired) electrons. The van der Waals surface area contributed by atoms with Crippen LogP contribution in [0.1, 0.15) is 25.7 Å². The molecule has 0 aromatic carbocycles. The second-order valence-electron chi connectivity index (χ2n) is 3.79. The fourth-order valence-electron chi connectivity index (χ4n) is 1.42. The molecule has 1 heterocycles. The van der Waals surface area contributed by atoms with Crippen LogP contribution in [0.5, 0.6) is 0 Å². The van der Waals surface area contributed by atoms with Gasteiger partial charge in [-0.3, -0.25) is 4.98 Å². The van der Waals surface area contributed by atoms with Crippen LogP contribution in [0.2, 0.25) is 0 Å². The lowest BCUT2D eigenvalue weighted by Gasteiger charge is -2.05. The average molecular weight is 257 g/mol. The normalized spacial score (nSPS) is 11.6. The minimum atomic E-state index is -3.39. The zero-order chi connectivity index (χ0) is 12.6. The van der Waals surface area contributed by atoms with E-state index < -0.39 is 10.0 Å². The first-order valence-corrected chi connectivity index (χ1v) is 7.25. The molecule has 1 aromatic rings. The summed E-state index contributed by atoms with van der Waals surface area (Å²) in [5, 5.41) is 0. The zero-order valence-corrected chi connectivity index (χ0v) is 10.6. The monoisotopic (exact) mass is 257 g/mol. The predicted molar refractivity (Wildman–Crippen MR) is 66.9 cm³/mol. The third-order valence-electron chi connectivity index (χ3n) is 2.37. The number of aromatic nitrogens is 1. The molecule has 0 atom stereocenters. The van der Waals surface area contributed by atoms with Gasteiger partial charge in [0.05, 0.1) is 0 Å². The van der Waals surface area contributed by atoms with Crippen LogP contribution in [0, 0.1) is 0 Å². The van der Waals surface area contributed by atoms with Crippen molar-refractivity contribution < 1.29 is 8.42 Å². The molecule has 0 fully saturated rings. The van der Waals surface area contributed by atoms with E-state index in [9.17, 15) is 8.42 Å². The number of nitrogens with one attached hydrogen (secondary N) is 1. The molecule has 0 aliphatic carbocycles. The fourth-order valence-corrected chi connectivity index (χ4v) is 2.46. The van der Waals surface area contributed by atoms with Gasteiger partial charge >= 0.3 is 0 Å². The summed E-state index contributed by atoms with van der Waals surface area (Å²) in [5.41, 5.74) is 5.37. The highest BCUT2D eigenvalue weighted by Gasteiger charge is 2.12. The molecular formula is C11H19N3O2S. The first-order valence-electron chi connectivity index (χ1n) is 5.76. The van der Waals surface area contributed by atoms with Gasteiger partial charge in [0, 0.05) is 18.9 Å². The van der Waals surface area contributed by atoms with Gasteiger partial charge in [-0.2, -0.15) is 0 Å². The zero-order valence-electron chi connectivity index (χ0n) is 9.80. The number of hydrogen-bond donors (Lipinski definition) is 2. The van der Waals surface area contributed by atoms with E-state index >= 15 is 0 Å². The summed E-state index contributed by atoms with van der Waals surface area (Å²) in [5.74, 6) is 0. The van der Waals surface area contributed by atoms with E-state index in [0.29, 0.717) is 13.1 Å². The van der Waals surface area contributed by atoms with Crippen molar-refractivity contribution in [2.75, 3.05) is 13.1 Å². The van der Waals surface area contributed by atoms with E-state index in [1.165, 1.54) is 12.3 Å². The Hall–Kier alpha value is -0.980. The highest BCUT2D eigenvalue weighted by Crippen LogP contribution is 2.05. The van der Waals surface area contributed by atoms with E-state index in [4.69, 9.17) is 5.73 Å². The van der Waals surface area contributed by atoms with Crippen LogP contribution in [-0.4, -0.2) is 26.5 Å². The summed E-state index contributed by atoms with van der Waals surface area (Å²) < 4.78 is 26.1. The molecule has 17 heavy (non-hydrogen) atoms. The molecule has 1 rings (SSSR count). The summed E-state index contributed by atoms with van der Waals surface area (Å²) in [4.78, 5) is 4.00. The topological polar surface area (TPSA) is 85.1 Å². The second kappa shape index (κ2) is 7.37. The molecule has 0 aliphatic rings. The summed E-state index contributed by atoms with van der Waals surface area (Å²) >= 11 is 0. The lowest BCUT2D eigenvalue weighted by molar-refractivity contribution is 0.572. The van der Waals surface area contributed by atoms with Crippen molar-refractivity contribution in [1.82, 2.24) is 9.71 Å².